The van der Waals surface area contributed by atoms with E-state index >= 15 is 0 Å². The van der Waals surface area contributed by atoms with Crippen LogP contribution in [0.4, 0.5) is 5.69 Å². The summed E-state index contributed by atoms with van der Waals surface area (Å²) in [5.41, 5.74) is 10.5. The third kappa shape index (κ3) is 3.30. The van der Waals surface area contributed by atoms with Crippen LogP contribution >= 0.6 is 11.6 Å². The third-order valence-electron chi connectivity index (χ3n) is 5.15. The van der Waals surface area contributed by atoms with Crippen molar-refractivity contribution in [3.05, 3.63) is 51.3 Å². The molecule has 0 atom stereocenters. The monoisotopic (exact) mass is 387 g/mol. The number of allylic oxidation sites excluding steroid dienone is 1. The SMILES string of the molecule is Cc1[nH]c2c(c1CONCCO)CCC/C2=C1/C(=O)Nc2ccc(Cl)cc21. The first kappa shape index (κ1) is 18.3. The van der Waals surface area contributed by atoms with E-state index in [2.05, 4.69) is 15.8 Å². The number of benzene rings is 1. The van der Waals surface area contributed by atoms with Crippen LogP contribution in [-0.2, 0) is 22.7 Å². The van der Waals surface area contributed by atoms with Gasteiger partial charge < -0.3 is 15.4 Å². The second-order valence-electron chi connectivity index (χ2n) is 6.84. The van der Waals surface area contributed by atoms with Gasteiger partial charge in [-0.1, -0.05) is 11.6 Å². The first-order valence-electron chi connectivity index (χ1n) is 9.10. The number of H-pyrrole nitrogens is 1. The Bertz CT molecular complexity index is 933. The van der Waals surface area contributed by atoms with Crippen LogP contribution in [0.25, 0.3) is 11.1 Å². The van der Waals surface area contributed by atoms with Gasteiger partial charge in [0.15, 0.2) is 0 Å². The molecule has 7 heteroatoms. The summed E-state index contributed by atoms with van der Waals surface area (Å²) in [7, 11) is 0. The van der Waals surface area contributed by atoms with Crippen molar-refractivity contribution in [2.75, 3.05) is 18.5 Å². The number of hydroxylamine groups is 1. The molecule has 6 nitrogen and oxygen atoms in total. The van der Waals surface area contributed by atoms with Crippen LogP contribution in [-0.4, -0.2) is 29.1 Å². The van der Waals surface area contributed by atoms with Crippen LogP contribution < -0.4 is 10.8 Å². The van der Waals surface area contributed by atoms with Crippen molar-refractivity contribution in [2.45, 2.75) is 32.8 Å². The van der Waals surface area contributed by atoms with Crippen LogP contribution in [0.15, 0.2) is 18.2 Å². The van der Waals surface area contributed by atoms with Gasteiger partial charge in [-0.2, -0.15) is 5.48 Å². The van der Waals surface area contributed by atoms with E-state index in [0.29, 0.717) is 23.7 Å². The number of halogens is 1. The Morgan fingerprint density at radius 1 is 1.33 bits per heavy atom. The highest BCUT2D eigenvalue weighted by Gasteiger charge is 2.32. The summed E-state index contributed by atoms with van der Waals surface area (Å²) in [4.78, 5) is 21.7. The molecule has 0 unspecified atom stereocenters. The van der Waals surface area contributed by atoms with Gasteiger partial charge in [-0.3, -0.25) is 9.63 Å². The molecule has 1 aliphatic carbocycles. The Balaban J connectivity index is 1.76. The second-order valence-corrected chi connectivity index (χ2v) is 7.28. The van der Waals surface area contributed by atoms with Crippen molar-refractivity contribution < 1.29 is 14.7 Å². The van der Waals surface area contributed by atoms with Gasteiger partial charge >= 0.3 is 0 Å². The number of nitrogens with one attached hydrogen (secondary N) is 3. The van der Waals surface area contributed by atoms with Crippen molar-refractivity contribution in [1.29, 1.82) is 0 Å². The zero-order valence-electron chi connectivity index (χ0n) is 15.1. The topological polar surface area (TPSA) is 86.4 Å². The molecule has 0 spiro atoms. The smallest absolute Gasteiger partial charge is 0.256 e. The lowest BCUT2D eigenvalue weighted by Crippen LogP contribution is -2.19. The number of hydrogen-bond acceptors (Lipinski definition) is 4. The lowest BCUT2D eigenvalue weighted by molar-refractivity contribution is -0.110. The molecule has 4 N–H and O–H groups in total. The first-order valence-corrected chi connectivity index (χ1v) is 9.48. The number of aliphatic hydroxyl groups excluding tert-OH is 1. The number of anilines is 1. The van der Waals surface area contributed by atoms with Gasteiger partial charge in [0, 0.05) is 39.8 Å². The predicted octanol–water partition coefficient (Wildman–Crippen LogP) is 3.19. The van der Waals surface area contributed by atoms with Gasteiger partial charge in [0.2, 0.25) is 0 Å². The first-order chi connectivity index (χ1) is 13.1. The van der Waals surface area contributed by atoms with Crippen LogP contribution in [0.2, 0.25) is 5.02 Å². The summed E-state index contributed by atoms with van der Waals surface area (Å²) in [6.07, 6.45) is 2.76. The maximum absolute atomic E-state index is 12.7. The standard InChI is InChI=1S/C20H22ClN3O3/c1-11-16(10-27-22-7-8-25)13-3-2-4-14(19(13)23-11)18-15-9-12(21)5-6-17(15)24-20(18)26/h5-6,9,22-23,25H,2-4,7-8,10H2,1H3,(H,24,26)/b18-14-. The van der Waals surface area contributed by atoms with Crippen molar-refractivity contribution >= 4 is 34.3 Å². The maximum Gasteiger partial charge on any atom is 0.256 e. The molecular formula is C20H22ClN3O3. The van der Waals surface area contributed by atoms with Crippen LogP contribution in [0.1, 0.15) is 40.9 Å². The molecule has 1 aromatic heterocycles. The van der Waals surface area contributed by atoms with E-state index in [1.54, 1.807) is 6.07 Å². The van der Waals surface area contributed by atoms with E-state index in [4.69, 9.17) is 21.5 Å². The number of aliphatic hydroxyl groups is 1. The van der Waals surface area contributed by atoms with E-state index in [1.165, 1.54) is 5.56 Å². The average molecular weight is 388 g/mol. The number of rotatable bonds is 5. The number of carbonyl (C=O) groups excluding carboxylic acids is 1. The van der Waals surface area contributed by atoms with Gasteiger partial charge in [0.25, 0.3) is 5.91 Å². The lowest BCUT2D eigenvalue weighted by atomic mass is 9.86. The number of fused-ring (bicyclic) bond motifs is 2. The molecule has 0 radical (unpaired) electrons. The zero-order chi connectivity index (χ0) is 19.0. The molecule has 2 aliphatic rings. The average Bonchev–Trinajstić information content (AvgIpc) is 3.14. The van der Waals surface area contributed by atoms with Crippen molar-refractivity contribution in [1.82, 2.24) is 10.5 Å². The Kier molecular flexibility index (Phi) is 5.06. The molecule has 2 aromatic rings. The highest BCUT2D eigenvalue weighted by atomic mass is 35.5. The quantitative estimate of drug-likeness (QED) is 0.360. The van der Waals surface area contributed by atoms with Gasteiger partial charge in [-0.05, 0) is 55.5 Å². The highest BCUT2D eigenvalue weighted by molar-refractivity contribution is 6.38. The Hall–Kier alpha value is -2.12. The summed E-state index contributed by atoms with van der Waals surface area (Å²) in [5, 5.41) is 12.4. The fraction of sp³-hybridized carbons (Fsp3) is 0.350. The highest BCUT2D eigenvalue weighted by Crippen LogP contribution is 2.43. The lowest BCUT2D eigenvalue weighted by Gasteiger charge is -2.18. The zero-order valence-corrected chi connectivity index (χ0v) is 15.9. The molecular weight excluding hydrogens is 366 g/mol. The normalized spacial score (nSPS) is 18.4. The van der Waals surface area contributed by atoms with Gasteiger partial charge in [0.1, 0.15) is 0 Å². The summed E-state index contributed by atoms with van der Waals surface area (Å²) in [6.45, 7) is 2.84. The van der Waals surface area contributed by atoms with E-state index in [9.17, 15) is 4.79 Å². The minimum atomic E-state index is -0.0789. The molecule has 0 bridgehead atoms. The Morgan fingerprint density at radius 3 is 3.00 bits per heavy atom. The predicted molar refractivity (Wildman–Crippen MR) is 105 cm³/mol. The number of hydrogen-bond donors (Lipinski definition) is 4. The molecule has 2 heterocycles. The van der Waals surface area contributed by atoms with E-state index in [-0.39, 0.29) is 12.5 Å². The van der Waals surface area contributed by atoms with Crippen molar-refractivity contribution in [3.63, 3.8) is 0 Å². The van der Waals surface area contributed by atoms with Crippen LogP contribution in [0.5, 0.6) is 0 Å². The third-order valence-corrected chi connectivity index (χ3v) is 5.38. The maximum atomic E-state index is 12.7. The minimum Gasteiger partial charge on any atom is -0.395 e. The Morgan fingerprint density at radius 2 is 2.19 bits per heavy atom. The molecule has 4 rings (SSSR count). The van der Waals surface area contributed by atoms with Gasteiger partial charge in [-0.15, -0.1) is 0 Å². The number of aromatic nitrogens is 1. The molecule has 1 amide bonds. The van der Waals surface area contributed by atoms with Crippen LogP contribution in [0.3, 0.4) is 0 Å². The second kappa shape index (κ2) is 7.48. The molecule has 0 saturated heterocycles. The number of carbonyl (C=O) groups is 1. The molecule has 0 fully saturated rings. The summed E-state index contributed by atoms with van der Waals surface area (Å²) < 4.78 is 0. The Labute approximate surface area is 162 Å². The summed E-state index contributed by atoms with van der Waals surface area (Å²) in [6, 6.07) is 5.48. The van der Waals surface area contributed by atoms with Crippen molar-refractivity contribution in [2.24, 2.45) is 0 Å². The largest absolute Gasteiger partial charge is 0.395 e. The summed E-state index contributed by atoms with van der Waals surface area (Å²) in [5.74, 6) is -0.0789. The number of aryl methyl sites for hydroxylation is 1. The van der Waals surface area contributed by atoms with E-state index < -0.39 is 0 Å². The summed E-state index contributed by atoms with van der Waals surface area (Å²) >= 11 is 6.18. The number of amides is 1. The van der Waals surface area contributed by atoms with Crippen LogP contribution in [0, 0.1) is 6.92 Å². The molecule has 142 valence electrons. The van der Waals surface area contributed by atoms with E-state index in [0.717, 1.165) is 53.0 Å². The fourth-order valence-corrected chi connectivity index (χ4v) is 4.11. The van der Waals surface area contributed by atoms with Gasteiger partial charge in [-0.25, -0.2) is 0 Å². The van der Waals surface area contributed by atoms with Crippen molar-refractivity contribution in [3.8, 4) is 0 Å². The number of aromatic amines is 1. The van der Waals surface area contributed by atoms with E-state index in [1.807, 2.05) is 19.1 Å². The minimum absolute atomic E-state index is 0.0253. The molecule has 1 aliphatic heterocycles. The fourth-order valence-electron chi connectivity index (χ4n) is 3.94. The molecule has 0 saturated carbocycles. The van der Waals surface area contributed by atoms with Gasteiger partial charge in [0.05, 0.1) is 18.8 Å². The molecule has 27 heavy (non-hydrogen) atoms. The molecule has 1 aromatic carbocycles.